The predicted octanol–water partition coefficient (Wildman–Crippen LogP) is 2.31. The van der Waals surface area contributed by atoms with Gasteiger partial charge in [0.15, 0.2) is 0 Å². The van der Waals surface area contributed by atoms with Crippen LogP contribution in [0.3, 0.4) is 0 Å². The molecule has 1 saturated heterocycles. The average molecular weight is 292 g/mol. The van der Waals surface area contributed by atoms with Gasteiger partial charge in [-0.1, -0.05) is 11.6 Å². The molecule has 2 rings (SSSR count). The Balaban J connectivity index is 2.26. The van der Waals surface area contributed by atoms with Gasteiger partial charge in [-0.25, -0.2) is 4.79 Å². The van der Waals surface area contributed by atoms with Crippen LogP contribution in [0, 0.1) is 6.92 Å². The summed E-state index contributed by atoms with van der Waals surface area (Å²) >= 11 is 8.72. The van der Waals surface area contributed by atoms with Crippen molar-refractivity contribution in [2.75, 3.05) is 11.6 Å². The van der Waals surface area contributed by atoms with Crippen LogP contribution in [0.4, 0.5) is 0 Å². The number of amides is 1. The van der Waals surface area contributed by atoms with Crippen molar-refractivity contribution in [3.05, 3.63) is 20.8 Å². The van der Waals surface area contributed by atoms with Crippen molar-refractivity contribution in [2.45, 2.75) is 13.0 Å². The monoisotopic (exact) mass is 291 g/mol. The molecule has 2 heterocycles. The predicted molar refractivity (Wildman–Crippen MR) is 69.0 cm³/mol. The van der Waals surface area contributed by atoms with Gasteiger partial charge in [0.2, 0.25) is 0 Å². The number of carbonyl (C=O) groups is 2. The lowest BCUT2D eigenvalue weighted by atomic mass is 10.2. The lowest BCUT2D eigenvalue weighted by molar-refractivity contribution is -0.140. The smallest absolute Gasteiger partial charge is 0.327 e. The Morgan fingerprint density at radius 1 is 1.59 bits per heavy atom. The highest BCUT2D eigenvalue weighted by atomic mass is 35.5. The molecule has 0 aliphatic carbocycles. The van der Waals surface area contributed by atoms with Gasteiger partial charge in [-0.3, -0.25) is 4.79 Å². The second-order valence-corrected chi connectivity index (χ2v) is 5.95. The molecule has 0 saturated carbocycles. The summed E-state index contributed by atoms with van der Waals surface area (Å²) in [5.41, 5.74) is 0.846. The Labute approximate surface area is 112 Å². The maximum atomic E-state index is 12.2. The largest absolute Gasteiger partial charge is 0.480 e. The fourth-order valence-electron chi connectivity index (χ4n) is 1.55. The fraction of sp³-hybridized carbons (Fsp3) is 0.400. The van der Waals surface area contributed by atoms with E-state index in [0.29, 0.717) is 21.5 Å². The molecule has 92 valence electrons. The fourth-order valence-corrected chi connectivity index (χ4v) is 3.93. The summed E-state index contributed by atoms with van der Waals surface area (Å²) in [6.45, 7) is 1.82. The van der Waals surface area contributed by atoms with Crippen LogP contribution >= 0.6 is 34.7 Å². The number of thiophene rings is 1. The van der Waals surface area contributed by atoms with Crippen molar-refractivity contribution >= 4 is 46.6 Å². The minimum Gasteiger partial charge on any atom is -0.480 e. The van der Waals surface area contributed by atoms with Crippen molar-refractivity contribution in [1.29, 1.82) is 0 Å². The molecule has 1 aromatic rings. The van der Waals surface area contributed by atoms with Gasteiger partial charge < -0.3 is 10.0 Å². The van der Waals surface area contributed by atoms with Gasteiger partial charge in [0, 0.05) is 5.75 Å². The first-order valence-corrected chi connectivity index (χ1v) is 7.28. The number of hydrogen-bond donors (Lipinski definition) is 1. The number of nitrogens with zero attached hydrogens (tertiary/aromatic N) is 1. The van der Waals surface area contributed by atoms with Gasteiger partial charge in [-0.2, -0.15) is 0 Å². The highest BCUT2D eigenvalue weighted by Crippen LogP contribution is 2.31. The van der Waals surface area contributed by atoms with E-state index in [2.05, 4.69) is 0 Å². The summed E-state index contributed by atoms with van der Waals surface area (Å²) in [6.07, 6.45) is 0. The van der Waals surface area contributed by atoms with Crippen LogP contribution in [-0.2, 0) is 4.79 Å². The molecule has 1 fully saturated rings. The number of carboxylic acids is 1. The first kappa shape index (κ1) is 12.7. The molecule has 1 amide bonds. The van der Waals surface area contributed by atoms with Crippen LogP contribution in [0.2, 0.25) is 5.02 Å². The molecule has 1 atom stereocenters. The zero-order valence-electron chi connectivity index (χ0n) is 8.97. The van der Waals surface area contributed by atoms with Crippen LogP contribution in [0.1, 0.15) is 15.2 Å². The average Bonchev–Trinajstić information content (AvgIpc) is 2.87. The molecule has 1 aliphatic rings. The van der Waals surface area contributed by atoms with Crippen LogP contribution in [0.15, 0.2) is 5.38 Å². The molecule has 0 unspecified atom stereocenters. The van der Waals surface area contributed by atoms with Gasteiger partial charge in [-0.15, -0.1) is 23.1 Å². The molecule has 1 aromatic heterocycles. The maximum Gasteiger partial charge on any atom is 0.327 e. The molecule has 7 heteroatoms. The van der Waals surface area contributed by atoms with Crippen molar-refractivity contribution in [3.8, 4) is 0 Å². The number of aliphatic carboxylic acids is 1. The van der Waals surface area contributed by atoms with Crippen molar-refractivity contribution < 1.29 is 14.7 Å². The third-order valence-corrected chi connectivity index (χ3v) is 5.22. The number of rotatable bonds is 2. The second kappa shape index (κ2) is 4.88. The molecular formula is C10H10ClNO3S2. The van der Waals surface area contributed by atoms with Crippen molar-refractivity contribution in [1.82, 2.24) is 4.90 Å². The van der Waals surface area contributed by atoms with Crippen LogP contribution < -0.4 is 0 Å². The van der Waals surface area contributed by atoms with Gasteiger partial charge in [0.05, 0.1) is 10.9 Å². The van der Waals surface area contributed by atoms with Crippen LogP contribution in [-0.4, -0.2) is 39.6 Å². The van der Waals surface area contributed by atoms with E-state index in [0.717, 1.165) is 5.56 Å². The third kappa shape index (κ3) is 2.29. The Kier molecular flexibility index (Phi) is 3.65. The zero-order valence-corrected chi connectivity index (χ0v) is 11.4. The molecule has 1 aliphatic heterocycles. The summed E-state index contributed by atoms with van der Waals surface area (Å²) in [7, 11) is 0. The molecule has 0 radical (unpaired) electrons. The summed E-state index contributed by atoms with van der Waals surface area (Å²) in [5.74, 6) is -0.412. The van der Waals surface area contributed by atoms with Gasteiger partial charge in [0.1, 0.15) is 10.9 Å². The van der Waals surface area contributed by atoms with E-state index in [1.165, 1.54) is 28.0 Å². The Bertz CT molecular complexity index is 474. The van der Waals surface area contributed by atoms with Crippen LogP contribution in [0.5, 0.6) is 0 Å². The second-order valence-electron chi connectivity index (χ2n) is 3.69. The summed E-state index contributed by atoms with van der Waals surface area (Å²) in [5, 5.41) is 11.2. The number of aryl methyl sites for hydroxylation is 1. The van der Waals surface area contributed by atoms with Crippen molar-refractivity contribution in [3.63, 3.8) is 0 Å². The maximum absolute atomic E-state index is 12.2. The summed E-state index contributed by atoms with van der Waals surface area (Å²) < 4.78 is 0. The first-order valence-electron chi connectivity index (χ1n) is 4.87. The van der Waals surface area contributed by atoms with E-state index in [9.17, 15) is 9.59 Å². The van der Waals surface area contributed by atoms with Crippen molar-refractivity contribution in [2.24, 2.45) is 0 Å². The topological polar surface area (TPSA) is 57.6 Å². The Morgan fingerprint density at radius 3 is 2.82 bits per heavy atom. The van der Waals surface area contributed by atoms with Gasteiger partial charge in [-0.05, 0) is 17.9 Å². The number of thioether (sulfide) groups is 1. The SMILES string of the molecule is Cc1csc(C(=O)N2CSC[C@H]2C(=O)O)c1Cl. The van der Waals surface area contributed by atoms with E-state index >= 15 is 0 Å². The minimum absolute atomic E-state index is 0.287. The molecule has 17 heavy (non-hydrogen) atoms. The minimum atomic E-state index is -0.965. The van der Waals surface area contributed by atoms with E-state index in [1.54, 1.807) is 5.38 Å². The molecule has 0 bridgehead atoms. The summed E-state index contributed by atoms with van der Waals surface area (Å²) in [6, 6.07) is -0.744. The number of carboxylic acid groups (broad SMARTS) is 1. The highest BCUT2D eigenvalue weighted by molar-refractivity contribution is 7.99. The number of halogens is 1. The lowest BCUT2D eigenvalue weighted by Gasteiger charge is -2.19. The molecule has 1 N–H and O–H groups in total. The standard InChI is InChI=1S/C10H10ClNO3S2/c1-5-2-17-8(7(5)11)9(13)12-4-16-3-6(12)10(14)15/h2,6H,3-4H2,1H3,(H,14,15)/t6-/m0/s1. The van der Waals surface area contributed by atoms with E-state index in [-0.39, 0.29) is 5.91 Å². The summed E-state index contributed by atoms with van der Waals surface area (Å²) in [4.78, 5) is 25.0. The number of hydrogen-bond acceptors (Lipinski definition) is 4. The Morgan fingerprint density at radius 2 is 2.29 bits per heavy atom. The van der Waals surface area contributed by atoms with E-state index < -0.39 is 12.0 Å². The molecule has 0 aromatic carbocycles. The van der Waals surface area contributed by atoms with Gasteiger partial charge in [0.25, 0.3) is 5.91 Å². The number of carbonyl (C=O) groups excluding carboxylic acids is 1. The van der Waals surface area contributed by atoms with E-state index in [1.807, 2.05) is 6.92 Å². The molecule has 4 nitrogen and oxygen atoms in total. The molecule has 0 spiro atoms. The first-order chi connectivity index (χ1) is 8.02. The van der Waals surface area contributed by atoms with Crippen LogP contribution in [0.25, 0.3) is 0 Å². The highest BCUT2D eigenvalue weighted by Gasteiger charge is 2.36. The molecular weight excluding hydrogens is 282 g/mol. The lowest BCUT2D eigenvalue weighted by Crippen LogP contribution is -2.41. The van der Waals surface area contributed by atoms with Gasteiger partial charge >= 0.3 is 5.97 Å². The van der Waals surface area contributed by atoms with E-state index in [4.69, 9.17) is 16.7 Å². The quantitative estimate of drug-likeness (QED) is 0.908. The normalized spacial score (nSPS) is 19.6. The zero-order chi connectivity index (χ0) is 12.6. The third-order valence-electron chi connectivity index (χ3n) is 2.52. The Hall–Kier alpha value is -0.720.